The second-order valence-electron chi connectivity index (χ2n) is 7.20. The third-order valence-corrected chi connectivity index (χ3v) is 6.40. The van der Waals surface area contributed by atoms with E-state index in [9.17, 15) is 4.79 Å². The molecule has 0 aliphatic rings. The zero-order chi connectivity index (χ0) is 24.1. The molecule has 4 nitrogen and oxygen atoms in total. The monoisotopic (exact) mass is 492 g/mol. The van der Waals surface area contributed by atoms with Gasteiger partial charge in [0, 0.05) is 28.4 Å². The van der Waals surface area contributed by atoms with Gasteiger partial charge in [-0.3, -0.25) is 9.89 Å². The summed E-state index contributed by atoms with van der Waals surface area (Å²) in [6.45, 7) is 9.87. The molecule has 1 N–H and O–H groups in total. The minimum atomic E-state index is -0.232. The summed E-state index contributed by atoms with van der Waals surface area (Å²) in [6.07, 6.45) is 11.2. The van der Waals surface area contributed by atoms with Crippen molar-refractivity contribution in [2.75, 3.05) is 0 Å². The van der Waals surface area contributed by atoms with Gasteiger partial charge in [0.05, 0.1) is 5.69 Å². The Labute approximate surface area is 202 Å². The molecular formula is C25H35ClN2O2P2. The van der Waals surface area contributed by atoms with Crippen molar-refractivity contribution in [3.8, 4) is 0 Å². The highest BCUT2D eigenvalue weighted by Gasteiger charge is 2.22. The summed E-state index contributed by atoms with van der Waals surface area (Å²) >= 11 is 6.00. The molecule has 0 bridgehead atoms. The molecule has 0 amide bonds. The van der Waals surface area contributed by atoms with Crippen molar-refractivity contribution >= 4 is 46.9 Å². The number of carbonyl (C=O) groups excluding carboxylic acids is 1. The normalized spacial score (nSPS) is 13.7. The molecule has 1 aromatic carbocycles. The second kappa shape index (κ2) is 15.2. The Kier molecular flexibility index (Phi) is 13.4. The average Bonchev–Trinajstić information content (AvgIpc) is 3.22. The van der Waals surface area contributed by atoms with Gasteiger partial charge < -0.3 is 4.74 Å². The maximum atomic E-state index is 11.5. The van der Waals surface area contributed by atoms with Crippen molar-refractivity contribution in [3.63, 3.8) is 0 Å². The lowest BCUT2D eigenvalue weighted by molar-refractivity contribution is -0.149. The fraction of sp³-hybridized carbons (Fsp3) is 0.360. The molecule has 0 fully saturated rings. The molecule has 4 unspecified atom stereocenters. The van der Waals surface area contributed by atoms with Crippen molar-refractivity contribution in [1.29, 1.82) is 0 Å². The number of aromatic amines is 1. The standard InChI is InChI=1S/C13H19ClO2P2.C12H16N2/c1-3-10(17)13(16-12(15)4-2)8-5-6-9(14)11(18)7-8;1-4-6-8-11(7-5-2)12-9-10(3)13-14-12/h5-7,10,13H,3-4,17-18H2,1-2H3;4-9H,1-3H3,(H,13,14)/b;6-4?,7-5-,11-8+. The van der Waals surface area contributed by atoms with Gasteiger partial charge in [-0.15, -0.1) is 18.5 Å². The fourth-order valence-electron chi connectivity index (χ4n) is 2.75. The highest BCUT2D eigenvalue weighted by molar-refractivity contribution is 7.28. The third kappa shape index (κ3) is 9.41. The minimum Gasteiger partial charge on any atom is -0.457 e. The number of carbonyl (C=O) groups is 1. The van der Waals surface area contributed by atoms with Crippen molar-refractivity contribution in [2.24, 2.45) is 0 Å². The third-order valence-electron chi connectivity index (χ3n) is 4.57. The average molecular weight is 493 g/mol. The van der Waals surface area contributed by atoms with Crippen LogP contribution in [0.5, 0.6) is 0 Å². The molecule has 7 heteroatoms. The maximum Gasteiger partial charge on any atom is 0.306 e. The quantitative estimate of drug-likeness (QED) is 0.252. The summed E-state index contributed by atoms with van der Waals surface area (Å²) in [6, 6.07) is 7.73. The van der Waals surface area contributed by atoms with Crippen LogP contribution in [0.2, 0.25) is 5.02 Å². The summed E-state index contributed by atoms with van der Waals surface area (Å²) < 4.78 is 5.52. The highest BCUT2D eigenvalue weighted by Crippen LogP contribution is 2.30. The van der Waals surface area contributed by atoms with E-state index in [1.807, 2.05) is 63.3 Å². The number of aryl methyl sites for hydroxylation is 1. The molecule has 0 saturated carbocycles. The highest BCUT2D eigenvalue weighted by atomic mass is 35.5. The summed E-state index contributed by atoms with van der Waals surface area (Å²) in [5.74, 6) is -0.179. The van der Waals surface area contributed by atoms with Crippen LogP contribution >= 0.6 is 30.1 Å². The molecule has 0 aliphatic heterocycles. The molecule has 0 saturated heterocycles. The van der Waals surface area contributed by atoms with Crippen LogP contribution in [-0.4, -0.2) is 21.8 Å². The molecule has 2 rings (SSSR count). The van der Waals surface area contributed by atoms with E-state index in [0.717, 1.165) is 34.2 Å². The van der Waals surface area contributed by atoms with E-state index in [2.05, 4.69) is 47.8 Å². The minimum absolute atomic E-state index is 0.179. The van der Waals surface area contributed by atoms with Gasteiger partial charge in [0.15, 0.2) is 0 Å². The van der Waals surface area contributed by atoms with Gasteiger partial charge >= 0.3 is 5.97 Å². The Morgan fingerprint density at radius 2 is 1.97 bits per heavy atom. The lowest BCUT2D eigenvalue weighted by atomic mass is 10.0. The molecule has 1 heterocycles. The number of nitrogens with one attached hydrogen (secondary N) is 1. The van der Waals surface area contributed by atoms with Gasteiger partial charge in [0.2, 0.25) is 0 Å². The Morgan fingerprint density at radius 1 is 1.25 bits per heavy atom. The van der Waals surface area contributed by atoms with Crippen molar-refractivity contribution in [1.82, 2.24) is 10.2 Å². The zero-order valence-corrected chi connectivity index (χ0v) is 22.6. The Bertz CT molecular complexity index is 951. The predicted molar refractivity (Wildman–Crippen MR) is 145 cm³/mol. The largest absolute Gasteiger partial charge is 0.457 e. The molecule has 174 valence electrons. The smallest absolute Gasteiger partial charge is 0.306 e. The molecule has 1 aromatic heterocycles. The number of halogens is 1. The van der Waals surface area contributed by atoms with Crippen LogP contribution in [0.4, 0.5) is 0 Å². The predicted octanol–water partition coefficient (Wildman–Crippen LogP) is 6.74. The second-order valence-corrected chi connectivity index (χ2v) is 9.09. The Balaban J connectivity index is 0.000000330. The number of rotatable bonds is 8. The molecule has 32 heavy (non-hydrogen) atoms. The van der Waals surface area contributed by atoms with Crippen LogP contribution in [0.25, 0.3) is 5.57 Å². The summed E-state index contributed by atoms with van der Waals surface area (Å²) in [4.78, 5) is 11.5. The maximum absolute atomic E-state index is 11.5. The molecule has 0 spiro atoms. The van der Waals surface area contributed by atoms with Gasteiger partial charge in [0.25, 0.3) is 0 Å². The van der Waals surface area contributed by atoms with E-state index in [-0.39, 0.29) is 17.7 Å². The Morgan fingerprint density at radius 3 is 2.47 bits per heavy atom. The molecular weight excluding hydrogens is 458 g/mol. The molecule has 4 atom stereocenters. The number of allylic oxidation sites excluding steroid dienone is 6. The summed E-state index contributed by atoms with van der Waals surface area (Å²) in [5.41, 5.74) is 4.36. The van der Waals surface area contributed by atoms with Crippen LogP contribution in [0.15, 0.2) is 54.6 Å². The van der Waals surface area contributed by atoms with E-state index in [0.29, 0.717) is 11.4 Å². The molecule has 0 aliphatic carbocycles. The van der Waals surface area contributed by atoms with E-state index in [4.69, 9.17) is 16.3 Å². The van der Waals surface area contributed by atoms with Gasteiger partial charge in [-0.05, 0) is 56.3 Å². The van der Waals surface area contributed by atoms with Crippen LogP contribution in [0.1, 0.15) is 63.6 Å². The van der Waals surface area contributed by atoms with Gasteiger partial charge in [-0.25, -0.2) is 0 Å². The van der Waals surface area contributed by atoms with Crippen molar-refractivity contribution in [2.45, 2.75) is 59.2 Å². The van der Waals surface area contributed by atoms with Gasteiger partial charge in [-0.1, -0.05) is 61.9 Å². The van der Waals surface area contributed by atoms with Crippen LogP contribution < -0.4 is 5.30 Å². The van der Waals surface area contributed by atoms with E-state index < -0.39 is 0 Å². The van der Waals surface area contributed by atoms with Gasteiger partial charge in [-0.2, -0.15) is 5.10 Å². The topological polar surface area (TPSA) is 55.0 Å². The van der Waals surface area contributed by atoms with Gasteiger partial charge in [0.1, 0.15) is 6.10 Å². The first kappa shape index (κ1) is 28.3. The first-order valence-corrected chi connectivity index (χ1v) is 12.4. The van der Waals surface area contributed by atoms with Crippen LogP contribution in [0.3, 0.4) is 0 Å². The lowest BCUT2D eigenvalue weighted by Crippen LogP contribution is -2.19. The number of nitrogens with zero attached hydrogens (tertiary/aromatic N) is 1. The lowest BCUT2D eigenvalue weighted by Gasteiger charge is -2.24. The SMILES string of the molecule is CC=C/C=C(\C=C/C)c1cc(C)[nH]n1.CCC(=O)OC(c1ccc(Cl)c(P)c1)C(P)CC. The van der Waals surface area contributed by atoms with E-state index in [1.54, 1.807) is 6.92 Å². The number of hydrogen-bond acceptors (Lipinski definition) is 3. The summed E-state index contributed by atoms with van der Waals surface area (Å²) in [5, 5.41) is 8.76. The zero-order valence-electron chi connectivity index (χ0n) is 19.6. The molecule has 0 radical (unpaired) electrons. The Hall–Kier alpha value is -1.73. The number of H-pyrrole nitrogens is 1. The van der Waals surface area contributed by atoms with E-state index in [1.165, 1.54) is 0 Å². The number of ether oxygens (including phenoxy) is 1. The first-order valence-electron chi connectivity index (χ1n) is 10.7. The molecule has 2 aromatic rings. The number of hydrogen-bond donors (Lipinski definition) is 1. The number of benzene rings is 1. The van der Waals surface area contributed by atoms with E-state index >= 15 is 0 Å². The number of aromatic nitrogens is 2. The van der Waals surface area contributed by atoms with Crippen molar-refractivity contribution < 1.29 is 9.53 Å². The fourth-order valence-corrected chi connectivity index (χ4v) is 3.46. The van der Waals surface area contributed by atoms with Crippen molar-refractivity contribution in [3.05, 3.63) is 76.6 Å². The van der Waals surface area contributed by atoms with Crippen LogP contribution in [-0.2, 0) is 9.53 Å². The number of esters is 1. The summed E-state index contributed by atoms with van der Waals surface area (Å²) in [7, 11) is 5.34. The first-order chi connectivity index (χ1) is 15.3. The van der Waals surface area contributed by atoms with Crippen LogP contribution in [0, 0.1) is 6.92 Å².